The van der Waals surface area contributed by atoms with E-state index in [2.05, 4.69) is 0 Å². The van der Waals surface area contributed by atoms with Crippen LogP contribution in [0.1, 0.15) is 12.0 Å². The summed E-state index contributed by atoms with van der Waals surface area (Å²) >= 11 is 0. The van der Waals surface area contributed by atoms with Gasteiger partial charge in [0.1, 0.15) is 6.10 Å². The summed E-state index contributed by atoms with van der Waals surface area (Å²) in [6.45, 7) is 0. The number of hydrogen-bond acceptors (Lipinski definition) is 8. The zero-order valence-corrected chi connectivity index (χ0v) is 15.5. The topological polar surface area (TPSA) is 104 Å². The van der Waals surface area contributed by atoms with Gasteiger partial charge in [0, 0.05) is 19.8 Å². The maximum Gasteiger partial charge on any atom is 0.262 e. The molecule has 2 N–H and O–H groups in total. The smallest absolute Gasteiger partial charge is 0.262 e. The summed E-state index contributed by atoms with van der Waals surface area (Å²) in [7, 11) is 5.29. The van der Waals surface area contributed by atoms with Crippen LogP contribution in [0.3, 0.4) is 0 Å². The van der Waals surface area contributed by atoms with Gasteiger partial charge in [0.2, 0.25) is 17.3 Å². The Hall–Kier alpha value is -2.39. The lowest BCUT2D eigenvalue weighted by Crippen LogP contribution is -2.55. The fourth-order valence-corrected chi connectivity index (χ4v) is 3.49. The minimum Gasteiger partial charge on any atom is -0.492 e. The van der Waals surface area contributed by atoms with Crippen molar-refractivity contribution < 1.29 is 38.7 Å². The molecule has 8 heteroatoms. The van der Waals surface area contributed by atoms with Gasteiger partial charge in [-0.15, -0.1) is 0 Å². The fraction of sp³-hybridized carbons (Fsp3) is 0.421. The molecule has 0 spiro atoms. The van der Waals surface area contributed by atoms with Crippen molar-refractivity contribution in [2.75, 3.05) is 28.4 Å². The highest BCUT2D eigenvalue weighted by Gasteiger charge is 2.58. The lowest BCUT2D eigenvalue weighted by Gasteiger charge is -2.44. The van der Waals surface area contributed by atoms with Crippen LogP contribution in [0.5, 0.6) is 0 Å². The van der Waals surface area contributed by atoms with E-state index >= 15 is 0 Å². The van der Waals surface area contributed by atoms with Crippen molar-refractivity contribution in [2.24, 2.45) is 0 Å². The zero-order valence-electron chi connectivity index (χ0n) is 15.5. The third kappa shape index (κ3) is 2.72. The Morgan fingerprint density at radius 3 is 2.22 bits per heavy atom. The molecule has 0 radical (unpaired) electrons. The maximum absolute atomic E-state index is 12.9. The maximum atomic E-state index is 12.9. The second kappa shape index (κ2) is 6.97. The van der Waals surface area contributed by atoms with Gasteiger partial charge in [-0.25, -0.2) is 0 Å². The van der Waals surface area contributed by atoms with Crippen molar-refractivity contribution in [1.82, 2.24) is 0 Å². The molecule has 8 nitrogen and oxygen atoms in total. The van der Waals surface area contributed by atoms with Crippen molar-refractivity contribution >= 4 is 5.78 Å². The van der Waals surface area contributed by atoms with Crippen molar-refractivity contribution in [3.8, 4) is 0 Å². The molecule has 1 aromatic rings. The second-order valence-electron chi connectivity index (χ2n) is 6.14. The molecule has 2 aliphatic rings. The number of methoxy groups -OCH3 is 4. The highest BCUT2D eigenvalue weighted by Crippen LogP contribution is 2.47. The van der Waals surface area contributed by atoms with Gasteiger partial charge in [-0.2, -0.15) is 0 Å². The molecule has 0 amide bonds. The summed E-state index contributed by atoms with van der Waals surface area (Å²) in [6, 6.07) is 8.49. The Balaban J connectivity index is 2.20. The fourth-order valence-electron chi connectivity index (χ4n) is 3.49. The average molecular weight is 378 g/mol. The number of carbonyl (C=O) groups excluding carboxylic acids is 1. The molecule has 1 aromatic carbocycles. The molecule has 0 fully saturated rings. The van der Waals surface area contributed by atoms with Crippen molar-refractivity contribution in [3.63, 3.8) is 0 Å². The lowest BCUT2D eigenvalue weighted by molar-refractivity contribution is -0.255. The van der Waals surface area contributed by atoms with Crippen LogP contribution in [-0.4, -0.2) is 56.3 Å². The summed E-state index contributed by atoms with van der Waals surface area (Å²) in [5.41, 5.74) is 0.279. The van der Waals surface area contributed by atoms with Crippen LogP contribution >= 0.6 is 0 Å². The second-order valence-corrected chi connectivity index (χ2v) is 6.14. The molecule has 146 valence electrons. The van der Waals surface area contributed by atoms with Crippen LogP contribution in [0.2, 0.25) is 0 Å². The van der Waals surface area contributed by atoms with Crippen LogP contribution in [-0.2, 0) is 34.3 Å². The van der Waals surface area contributed by atoms with E-state index in [1.54, 1.807) is 30.3 Å². The van der Waals surface area contributed by atoms with E-state index in [-0.39, 0.29) is 22.9 Å². The van der Waals surface area contributed by atoms with Crippen LogP contribution < -0.4 is 0 Å². The summed E-state index contributed by atoms with van der Waals surface area (Å²) in [5.74, 6) is -4.39. The molecule has 2 unspecified atom stereocenters. The van der Waals surface area contributed by atoms with Crippen molar-refractivity contribution in [2.45, 2.75) is 24.1 Å². The molecule has 27 heavy (non-hydrogen) atoms. The summed E-state index contributed by atoms with van der Waals surface area (Å²) in [6.07, 6.45) is -1.94. The first kappa shape index (κ1) is 19.4. The van der Waals surface area contributed by atoms with Gasteiger partial charge in [0.05, 0.1) is 26.2 Å². The van der Waals surface area contributed by atoms with E-state index in [1.807, 2.05) is 0 Å². The molecular formula is C19H22O8. The lowest BCUT2D eigenvalue weighted by atomic mass is 9.83. The minimum atomic E-state index is -1.92. The molecular weight excluding hydrogens is 356 g/mol. The third-order valence-corrected chi connectivity index (χ3v) is 4.82. The number of ketones is 1. The van der Waals surface area contributed by atoms with Gasteiger partial charge < -0.3 is 33.9 Å². The predicted octanol–water partition coefficient (Wildman–Crippen LogP) is 0.943. The van der Waals surface area contributed by atoms with Gasteiger partial charge in [0.15, 0.2) is 11.5 Å². The SMILES string of the molecule is COC1=C(OC)C(OC)(OC)C(O)C2=C1OC(O)(c1ccccc1)CC2=O. The Kier molecular flexibility index (Phi) is 5.00. The molecule has 1 heterocycles. The number of rotatable bonds is 5. The van der Waals surface area contributed by atoms with Crippen molar-refractivity contribution in [1.29, 1.82) is 0 Å². The Labute approximate surface area is 156 Å². The largest absolute Gasteiger partial charge is 0.492 e. The van der Waals surface area contributed by atoms with E-state index in [0.29, 0.717) is 5.56 Å². The molecule has 1 aliphatic carbocycles. The van der Waals surface area contributed by atoms with Gasteiger partial charge >= 0.3 is 0 Å². The predicted molar refractivity (Wildman–Crippen MR) is 91.9 cm³/mol. The van der Waals surface area contributed by atoms with Crippen LogP contribution in [0.4, 0.5) is 0 Å². The van der Waals surface area contributed by atoms with Gasteiger partial charge in [-0.3, -0.25) is 4.79 Å². The highest BCUT2D eigenvalue weighted by atomic mass is 16.7. The molecule has 0 bridgehead atoms. The molecule has 0 saturated carbocycles. The number of benzene rings is 1. The first-order chi connectivity index (χ1) is 12.9. The number of aliphatic hydroxyl groups is 2. The quantitative estimate of drug-likeness (QED) is 0.730. The van der Waals surface area contributed by atoms with E-state index in [0.717, 1.165) is 0 Å². The number of ether oxygens (including phenoxy) is 5. The third-order valence-electron chi connectivity index (χ3n) is 4.82. The number of carbonyl (C=O) groups is 1. The van der Waals surface area contributed by atoms with E-state index in [9.17, 15) is 15.0 Å². The summed E-state index contributed by atoms with van der Waals surface area (Å²) in [5, 5.41) is 21.9. The Morgan fingerprint density at radius 2 is 1.70 bits per heavy atom. The first-order valence-electron chi connectivity index (χ1n) is 8.24. The Morgan fingerprint density at radius 1 is 1.07 bits per heavy atom. The van der Waals surface area contributed by atoms with Crippen LogP contribution in [0.25, 0.3) is 0 Å². The monoisotopic (exact) mass is 378 g/mol. The molecule has 0 saturated heterocycles. The van der Waals surface area contributed by atoms with Gasteiger partial charge in [-0.1, -0.05) is 30.3 Å². The minimum absolute atomic E-state index is 0.0103. The summed E-state index contributed by atoms with van der Waals surface area (Å²) in [4.78, 5) is 12.9. The first-order valence-corrected chi connectivity index (χ1v) is 8.24. The van der Waals surface area contributed by atoms with Gasteiger partial charge in [-0.05, 0) is 0 Å². The zero-order chi connectivity index (χ0) is 19.8. The molecule has 3 rings (SSSR count). The van der Waals surface area contributed by atoms with Crippen LogP contribution in [0, 0.1) is 0 Å². The number of aliphatic hydroxyl groups excluding tert-OH is 1. The van der Waals surface area contributed by atoms with Gasteiger partial charge in [0.25, 0.3) is 5.79 Å². The summed E-state index contributed by atoms with van der Waals surface area (Å²) < 4.78 is 27.3. The number of hydrogen-bond donors (Lipinski definition) is 2. The molecule has 2 atom stereocenters. The normalized spacial score (nSPS) is 27.2. The Bertz CT molecular complexity index is 793. The standard InChI is InChI=1S/C19H22O8/c1-23-15-14-13(16(21)19(25-3,26-4)17(15)24-2)12(20)10-18(22,27-14)11-8-6-5-7-9-11/h5-9,16,21-22H,10H2,1-4H3. The highest BCUT2D eigenvalue weighted by molar-refractivity contribution is 5.99. The number of Topliss-reactive ketones (excluding diaryl/α,β-unsaturated/α-hetero) is 1. The van der Waals surface area contributed by atoms with Crippen LogP contribution in [0.15, 0.2) is 53.2 Å². The van der Waals surface area contributed by atoms with E-state index in [4.69, 9.17) is 23.7 Å². The van der Waals surface area contributed by atoms with Crippen molar-refractivity contribution in [3.05, 3.63) is 58.7 Å². The molecule has 0 aromatic heterocycles. The van der Waals surface area contributed by atoms with E-state index in [1.165, 1.54) is 28.4 Å². The van der Waals surface area contributed by atoms with E-state index < -0.39 is 29.9 Å². The average Bonchev–Trinajstić information content (AvgIpc) is 2.68. The molecule has 1 aliphatic heterocycles.